The Kier molecular flexibility index (Phi) is 8.83. The van der Waals surface area contributed by atoms with Crippen molar-refractivity contribution in [1.82, 2.24) is 19.7 Å². The molecule has 0 aliphatic carbocycles. The van der Waals surface area contributed by atoms with Crippen molar-refractivity contribution in [2.45, 2.75) is 70.9 Å². The van der Waals surface area contributed by atoms with Crippen LogP contribution in [0.1, 0.15) is 57.0 Å². The summed E-state index contributed by atoms with van der Waals surface area (Å²) in [7, 11) is 1.71. The van der Waals surface area contributed by atoms with Gasteiger partial charge in [0.15, 0.2) is 10.9 Å². The number of carbonyl (C=O) groups is 3. The van der Waals surface area contributed by atoms with E-state index in [9.17, 15) is 14.4 Å². The predicted octanol–water partition coefficient (Wildman–Crippen LogP) is 5.47. The van der Waals surface area contributed by atoms with Gasteiger partial charge in [0.25, 0.3) is 5.91 Å². The molecule has 1 aromatic heterocycles. The summed E-state index contributed by atoms with van der Waals surface area (Å²) in [5, 5.41) is 0.0659. The van der Waals surface area contributed by atoms with Gasteiger partial charge in [0.05, 0.1) is 12.1 Å². The number of ether oxygens (including phenoxy) is 3. The van der Waals surface area contributed by atoms with E-state index < -0.39 is 29.4 Å². The first-order valence-electron chi connectivity index (χ1n) is 14.7. The highest BCUT2D eigenvalue weighted by molar-refractivity contribution is 6.42. The van der Waals surface area contributed by atoms with Crippen molar-refractivity contribution in [2.75, 3.05) is 44.7 Å². The van der Waals surface area contributed by atoms with E-state index in [0.717, 1.165) is 5.56 Å². The second kappa shape index (κ2) is 12.2. The van der Waals surface area contributed by atoms with Crippen LogP contribution in [0.4, 0.5) is 15.4 Å². The number of aromatic nitrogens is 1. The van der Waals surface area contributed by atoms with Crippen molar-refractivity contribution in [3.8, 4) is 5.75 Å². The van der Waals surface area contributed by atoms with E-state index in [1.165, 1.54) is 0 Å². The standard InChI is InChI=1S/C31H39Cl2N5O6/c1-30(2,3)44-28(40)35(6)20-14-31(4,5)38(16-20)26-22-24(23(32)25(33)34-26)42-18-21-15-36(12-13-37(21)27(22)39)29(41)43-17-19-10-8-7-9-11-19/h7-11,20-21H,12-18H2,1-6H3/t20?,21-/m1/s1. The Hall–Kier alpha value is -3.44. The van der Waals surface area contributed by atoms with E-state index in [2.05, 4.69) is 4.98 Å². The van der Waals surface area contributed by atoms with Crippen LogP contribution in [0.5, 0.6) is 5.75 Å². The molecule has 11 nitrogen and oxygen atoms in total. The molecule has 0 saturated carbocycles. The van der Waals surface area contributed by atoms with Crippen molar-refractivity contribution >= 4 is 47.1 Å². The number of hydrogen-bond donors (Lipinski definition) is 0. The molecule has 3 aliphatic heterocycles. The van der Waals surface area contributed by atoms with E-state index in [1.807, 2.05) is 69.9 Å². The van der Waals surface area contributed by atoms with E-state index in [1.54, 1.807) is 21.7 Å². The second-order valence-electron chi connectivity index (χ2n) is 13.1. The van der Waals surface area contributed by atoms with Crippen LogP contribution in [-0.4, -0.2) is 101 Å². The average Bonchev–Trinajstić information content (AvgIpc) is 3.21. The summed E-state index contributed by atoms with van der Waals surface area (Å²) in [6.07, 6.45) is -0.283. The summed E-state index contributed by atoms with van der Waals surface area (Å²) in [5.41, 5.74) is -0.0361. The number of anilines is 1. The molecule has 0 spiro atoms. The van der Waals surface area contributed by atoms with Crippen LogP contribution < -0.4 is 9.64 Å². The number of hydrogen-bond acceptors (Lipinski definition) is 8. The first-order valence-corrected chi connectivity index (χ1v) is 15.4. The molecule has 5 rings (SSSR count). The van der Waals surface area contributed by atoms with Crippen molar-refractivity contribution in [1.29, 1.82) is 0 Å². The Bertz CT molecular complexity index is 1430. The number of fused-ring (bicyclic) bond motifs is 2. The number of piperazine rings is 1. The highest BCUT2D eigenvalue weighted by Gasteiger charge is 2.47. The largest absolute Gasteiger partial charge is 0.489 e. The highest BCUT2D eigenvalue weighted by atomic mass is 35.5. The topological polar surface area (TPSA) is 105 Å². The van der Waals surface area contributed by atoms with E-state index in [4.69, 9.17) is 37.4 Å². The molecule has 238 valence electrons. The Morgan fingerprint density at radius 1 is 1.14 bits per heavy atom. The molecule has 1 unspecified atom stereocenters. The highest BCUT2D eigenvalue weighted by Crippen LogP contribution is 2.45. The lowest BCUT2D eigenvalue weighted by atomic mass is 9.99. The molecule has 1 aromatic carbocycles. The van der Waals surface area contributed by atoms with Gasteiger partial charge in [0.1, 0.15) is 35.2 Å². The molecular weight excluding hydrogens is 609 g/mol. The van der Waals surface area contributed by atoms with Gasteiger partial charge in [0, 0.05) is 38.8 Å². The normalized spacial score (nSPS) is 21.2. The molecule has 0 N–H and O–H groups in total. The first-order chi connectivity index (χ1) is 20.7. The number of pyridine rings is 1. The van der Waals surface area contributed by atoms with Gasteiger partial charge < -0.3 is 33.8 Å². The molecule has 44 heavy (non-hydrogen) atoms. The summed E-state index contributed by atoms with van der Waals surface area (Å²) in [6, 6.07) is 8.80. The van der Waals surface area contributed by atoms with Crippen LogP contribution in [0.25, 0.3) is 0 Å². The number of carbonyl (C=O) groups excluding carboxylic acids is 3. The zero-order chi connectivity index (χ0) is 32.0. The van der Waals surface area contributed by atoms with Gasteiger partial charge in [-0.3, -0.25) is 4.79 Å². The Labute approximate surface area is 267 Å². The first kappa shape index (κ1) is 32.0. The minimum atomic E-state index is -0.634. The van der Waals surface area contributed by atoms with Gasteiger partial charge >= 0.3 is 12.2 Å². The van der Waals surface area contributed by atoms with Gasteiger partial charge in [-0.25, -0.2) is 14.6 Å². The van der Waals surface area contributed by atoms with Crippen LogP contribution in [0, 0.1) is 0 Å². The third kappa shape index (κ3) is 6.49. The van der Waals surface area contributed by atoms with E-state index in [0.29, 0.717) is 25.3 Å². The molecule has 2 saturated heterocycles. The third-order valence-electron chi connectivity index (χ3n) is 8.22. The number of rotatable bonds is 4. The molecule has 13 heteroatoms. The fourth-order valence-electron chi connectivity index (χ4n) is 5.92. The fourth-order valence-corrected chi connectivity index (χ4v) is 6.27. The minimum Gasteiger partial charge on any atom is -0.489 e. The maximum atomic E-state index is 14.2. The summed E-state index contributed by atoms with van der Waals surface area (Å²) >= 11 is 13.1. The predicted molar refractivity (Wildman–Crippen MR) is 167 cm³/mol. The quantitative estimate of drug-likeness (QED) is 0.403. The molecule has 0 radical (unpaired) electrons. The van der Waals surface area contributed by atoms with Crippen molar-refractivity contribution in [3.05, 3.63) is 51.6 Å². The maximum absolute atomic E-state index is 14.2. The Morgan fingerprint density at radius 3 is 2.52 bits per heavy atom. The van der Waals surface area contributed by atoms with Crippen LogP contribution in [-0.2, 0) is 16.1 Å². The number of likely N-dealkylation sites (N-methyl/N-ethyl adjacent to an activating group) is 1. The summed E-state index contributed by atoms with van der Waals surface area (Å²) in [4.78, 5) is 51.5. The number of nitrogens with zero attached hydrogens (tertiary/aromatic N) is 5. The van der Waals surface area contributed by atoms with Gasteiger partial charge in [-0.05, 0) is 46.6 Å². The zero-order valence-corrected chi connectivity index (χ0v) is 27.4. The average molecular weight is 649 g/mol. The number of benzene rings is 1. The molecule has 3 amide bonds. The van der Waals surface area contributed by atoms with Gasteiger partial charge in [0.2, 0.25) is 0 Å². The minimum absolute atomic E-state index is 0.0129. The second-order valence-corrected chi connectivity index (χ2v) is 13.8. The molecular formula is C31H39Cl2N5O6. The summed E-state index contributed by atoms with van der Waals surface area (Å²) < 4.78 is 17.3. The van der Waals surface area contributed by atoms with Crippen LogP contribution in [0.2, 0.25) is 10.2 Å². The van der Waals surface area contributed by atoms with Crippen molar-refractivity contribution in [3.63, 3.8) is 0 Å². The monoisotopic (exact) mass is 647 g/mol. The lowest BCUT2D eigenvalue weighted by Crippen LogP contribution is -2.57. The summed E-state index contributed by atoms with van der Waals surface area (Å²) in [6.45, 7) is 11.0. The third-order valence-corrected chi connectivity index (χ3v) is 8.94. The van der Waals surface area contributed by atoms with Crippen molar-refractivity contribution < 1.29 is 28.6 Å². The van der Waals surface area contributed by atoms with Gasteiger partial charge in [-0.2, -0.15) is 0 Å². The van der Waals surface area contributed by atoms with Crippen LogP contribution in [0.15, 0.2) is 30.3 Å². The molecule has 2 atom stereocenters. The van der Waals surface area contributed by atoms with E-state index in [-0.39, 0.29) is 59.7 Å². The molecule has 4 heterocycles. The summed E-state index contributed by atoms with van der Waals surface area (Å²) in [5.74, 6) is 0.203. The smallest absolute Gasteiger partial charge is 0.410 e. The fraction of sp³-hybridized carbons (Fsp3) is 0.548. The number of halogens is 2. The molecule has 0 bridgehead atoms. The Balaban J connectivity index is 1.37. The van der Waals surface area contributed by atoms with Crippen molar-refractivity contribution in [2.24, 2.45) is 0 Å². The van der Waals surface area contributed by atoms with Gasteiger partial charge in [-0.15, -0.1) is 0 Å². The maximum Gasteiger partial charge on any atom is 0.410 e. The number of amides is 3. The molecule has 3 aliphatic rings. The zero-order valence-electron chi connectivity index (χ0n) is 25.9. The molecule has 2 fully saturated rings. The SMILES string of the molecule is CN(C(=O)OC(C)(C)C)C1CN(c2nc(Cl)c(Cl)c3c2C(=O)N2CCN(C(=O)OCc4ccccc4)C[C@@H]2CO3)C(C)(C)C1. The molecule has 2 aromatic rings. The van der Waals surface area contributed by atoms with E-state index >= 15 is 0 Å². The Morgan fingerprint density at radius 2 is 1.84 bits per heavy atom. The van der Waals surface area contributed by atoms with Gasteiger partial charge in [-0.1, -0.05) is 53.5 Å². The lowest BCUT2D eigenvalue weighted by Gasteiger charge is -2.39. The van der Waals surface area contributed by atoms with Crippen LogP contribution >= 0.6 is 23.2 Å². The van der Waals surface area contributed by atoms with Crippen LogP contribution in [0.3, 0.4) is 0 Å². The lowest BCUT2D eigenvalue weighted by molar-refractivity contribution is 0.0233.